The fourth-order valence-electron chi connectivity index (χ4n) is 1.95. The predicted molar refractivity (Wildman–Crippen MR) is 78.1 cm³/mol. The molecule has 1 rings (SSSR count). The third kappa shape index (κ3) is 4.02. The van der Waals surface area contributed by atoms with Crippen molar-refractivity contribution in [3.05, 3.63) is 28.8 Å². The van der Waals surface area contributed by atoms with Crippen molar-refractivity contribution in [2.24, 2.45) is 5.92 Å². The fraction of sp³-hybridized carbons (Fsp3) is 0.533. The lowest BCUT2D eigenvalue weighted by molar-refractivity contribution is -0.120. The van der Waals surface area contributed by atoms with Crippen LogP contribution in [0.1, 0.15) is 45.1 Å². The van der Waals surface area contributed by atoms with E-state index in [1.165, 1.54) is 0 Å². The van der Waals surface area contributed by atoms with Crippen molar-refractivity contribution in [2.75, 3.05) is 5.32 Å². The van der Waals surface area contributed by atoms with E-state index in [1.54, 1.807) is 0 Å². The number of carbonyl (C=O) groups is 1. The number of rotatable bonds is 6. The number of amides is 1. The van der Waals surface area contributed by atoms with Gasteiger partial charge in [0.1, 0.15) is 0 Å². The zero-order valence-corrected chi connectivity index (χ0v) is 12.2. The largest absolute Gasteiger partial charge is 0.326 e. The zero-order valence-electron chi connectivity index (χ0n) is 11.4. The molecule has 1 aromatic rings. The van der Waals surface area contributed by atoms with Crippen LogP contribution in [0.15, 0.2) is 18.2 Å². The van der Waals surface area contributed by atoms with Gasteiger partial charge in [0.15, 0.2) is 0 Å². The molecule has 3 heteroatoms. The Morgan fingerprint density at radius 1 is 1.39 bits per heavy atom. The summed E-state index contributed by atoms with van der Waals surface area (Å²) >= 11 is 6.04. The first-order valence-electron chi connectivity index (χ1n) is 6.66. The smallest absolute Gasteiger partial charge is 0.227 e. The average Bonchev–Trinajstić information content (AvgIpc) is 2.36. The molecule has 1 atom stereocenters. The van der Waals surface area contributed by atoms with Gasteiger partial charge in [0.05, 0.1) is 0 Å². The van der Waals surface area contributed by atoms with E-state index < -0.39 is 0 Å². The zero-order chi connectivity index (χ0) is 13.5. The Morgan fingerprint density at radius 2 is 2.11 bits per heavy atom. The van der Waals surface area contributed by atoms with Crippen molar-refractivity contribution in [1.82, 2.24) is 0 Å². The van der Waals surface area contributed by atoms with E-state index in [0.717, 1.165) is 36.9 Å². The molecular formula is C15H22ClNO. The maximum Gasteiger partial charge on any atom is 0.227 e. The average molecular weight is 268 g/mol. The molecule has 0 spiro atoms. The maximum absolute atomic E-state index is 12.2. The molecule has 0 saturated carbocycles. The van der Waals surface area contributed by atoms with Crippen LogP contribution in [0.4, 0.5) is 5.69 Å². The normalized spacial score (nSPS) is 12.2. The van der Waals surface area contributed by atoms with Crippen molar-refractivity contribution in [1.29, 1.82) is 0 Å². The van der Waals surface area contributed by atoms with Gasteiger partial charge < -0.3 is 5.32 Å². The molecule has 100 valence electrons. The SMILES string of the molecule is CCCC[C@H](CC)C(=O)Nc1cccc(Cl)c1C. The van der Waals surface area contributed by atoms with Gasteiger partial charge in [-0.2, -0.15) is 0 Å². The number of hydrogen-bond acceptors (Lipinski definition) is 1. The first-order valence-corrected chi connectivity index (χ1v) is 7.03. The molecule has 2 nitrogen and oxygen atoms in total. The van der Waals surface area contributed by atoms with Crippen LogP contribution in [0.2, 0.25) is 5.02 Å². The van der Waals surface area contributed by atoms with E-state index in [4.69, 9.17) is 11.6 Å². The van der Waals surface area contributed by atoms with E-state index in [9.17, 15) is 4.79 Å². The Morgan fingerprint density at radius 3 is 2.72 bits per heavy atom. The summed E-state index contributed by atoms with van der Waals surface area (Å²) in [6.45, 7) is 6.13. The highest BCUT2D eigenvalue weighted by Crippen LogP contribution is 2.24. The topological polar surface area (TPSA) is 29.1 Å². The molecule has 0 radical (unpaired) electrons. The van der Waals surface area contributed by atoms with E-state index in [2.05, 4.69) is 19.2 Å². The van der Waals surface area contributed by atoms with Crippen LogP contribution in [0.3, 0.4) is 0 Å². The highest BCUT2D eigenvalue weighted by atomic mass is 35.5. The minimum Gasteiger partial charge on any atom is -0.326 e. The number of hydrogen-bond donors (Lipinski definition) is 1. The van der Waals surface area contributed by atoms with E-state index in [0.29, 0.717) is 5.02 Å². The number of halogens is 1. The highest BCUT2D eigenvalue weighted by Gasteiger charge is 2.16. The quantitative estimate of drug-likeness (QED) is 0.788. The first-order chi connectivity index (χ1) is 8.60. The molecule has 0 aromatic heterocycles. The van der Waals surface area contributed by atoms with Crippen LogP contribution in [0, 0.1) is 12.8 Å². The van der Waals surface area contributed by atoms with E-state index in [-0.39, 0.29) is 11.8 Å². The minimum absolute atomic E-state index is 0.100. The fourth-order valence-corrected chi connectivity index (χ4v) is 2.12. The Balaban J connectivity index is 2.70. The molecular weight excluding hydrogens is 246 g/mol. The molecule has 1 N–H and O–H groups in total. The van der Waals surface area contributed by atoms with Gasteiger partial charge in [-0.05, 0) is 37.5 Å². The van der Waals surface area contributed by atoms with Gasteiger partial charge in [-0.1, -0.05) is 44.4 Å². The highest BCUT2D eigenvalue weighted by molar-refractivity contribution is 6.31. The second-order valence-corrected chi connectivity index (χ2v) is 5.06. The summed E-state index contributed by atoms with van der Waals surface area (Å²) in [5, 5.41) is 3.68. The van der Waals surface area contributed by atoms with Crippen molar-refractivity contribution in [3.63, 3.8) is 0 Å². The minimum atomic E-state index is 0.100. The van der Waals surface area contributed by atoms with Gasteiger partial charge in [-0.15, -0.1) is 0 Å². The van der Waals surface area contributed by atoms with Gasteiger partial charge in [-0.25, -0.2) is 0 Å². The molecule has 0 aliphatic rings. The van der Waals surface area contributed by atoms with E-state index >= 15 is 0 Å². The monoisotopic (exact) mass is 267 g/mol. The first kappa shape index (κ1) is 15.0. The third-order valence-electron chi connectivity index (χ3n) is 3.30. The van der Waals surface area contributed by atoms with Crippen molar-refractivity contribution in [2.45, 2.75) is 46.5 Å². The molecule has 0 aliphatic carbocycles. The number of unbranched alkanes of at least 4 members (excludes halogenated alkanes) is 1. The van der Waals surface area contributed by atoms with Crippen LogP contribution in [-0.2, 0) is 4.79 Å². The number of anilines is 1. The van der Waals surface area contributed by atoms with Gasteiger partial charge >= 0.3 is 0 Å². The van der Waals surface area contributed by atoms with Gasteiger partial charge in [-0.3, -0.25) is 4.79 Å². The third-order valence-corrected chi connectivity index (χ3v) is 3.70. The van der Waals surface area contributed by atoms with Crippen LogP contribution in [-0.4, -0.2) is 5.91 Å². The Kier molecular flexibility index (Phi) is 6.20. The lowest BCUT2D eigenvalue weighted by Gasteiger charge is -2.16. The van der Waals surface area contributed by atoms with Crippen molar-refractivity contribution < 1.29 is 4.79 Å². The summed E-state index contributed by atoms with van der Waals surface area (Å²) in [6, 6.07) is 5.59. The lowest BCUT2D eigenvalue weighted by Crippen LogP contribution is -2.22. The van der Waals surface area contributed by atoms with Crippen LogP contribution >= 0.6 is 11.6 Å². The maximum atomic E-state index is 12.2. The summed E-state index contributed by atoms with van der Waals surface area (Å²) in [5.74, 6) is 0.208. The summed E-state index contributed by atoms with van der Waals surface area (Å²) in [5.41, 5.74) is 1.75. The summed E-state index contributed by atoms with van der Waals surface area (Å²) in [7, 11) is 0. The Bertz CT molecular complexity index is 403. The molecule has 0 bridgehead atoms. The number of carbonyl (C=O) groups excluding carboxylic acids is 1. The summed E-state index contributed by atoms with van der Waals surface area (Å²) < 4.78 is 0. The second kappa shape index (κ2) is 7.42. The molecule has 1 aromatic carbocycles. The lowest BCUT2D eigenvalue weighted by atomic mass is 9.98. The molecule has 1 amide bonds. The van der Waals surface area contributed by atoms with Crippen molar-refractivity contribution >= 4 is 23.2 Å². The predicted octanol–water partition coefficient (Wildman–Crippen LogP) is 4.80. The standard InChI is InChI=1S/C15H22ClNO/c1-4-6-8-12(5-2)15(18)17-14-10-7-9-13(16)11(14)3/h7,9-10,12H,4-6,8H2,1-3H3,(H,17,18)/t12-/m0/s1. The summed E-state index contributed by atoms with van der Waals surface area (Å²) in [6.07, 6.45) is 4.06. The molecule has 0 unspecified atom stereocenters. The van der Waals surface area contributed by atoms with Gasteiger partial charge in [0.25, 0.3) is 0 Å². The van der Waals surface area contributed by atoms with Crippen molar-refractivity contribution in [3.8, 4) is 0 Å². The number of nitrogens with one attached hydrogen (secondary N) is 1. The molecule has 0 fully saturated rings. The van der Waals surface area contributed by atoms with Crippen LogP contribution in [0.5, 0.6) is 0 Å². The van der Waals surface area contributed by atoms with Gasteiger partial charge in [0, 0.05) is 16.6 Å². The second-order valence-electron chi connectivity index (χ2n) is 4.65. The molecule has 0 aliphatic heterocycles. The van der Waals surface area contributed by atoms with Gasteiger partial charge in [0.2, 0.25) is 5.91 Å². The van der Waals surface area contributed by atoms with E-state index in [1.807, 2.05) is 25.1 Å². The van der Waals surface area contributed by atoms with Crippen LogP contribution in [0.25, 0.3) is 0 Å². The molecule has 0 heterocycles. The number of benzene rings is 1. The Labute approximate surface area is 115 Å². The summed E-state index contributed by atoms with van der Waals surface area (Å²) in [4.78, 5) is 12.2. The molecule has 18 heavy (non-hydrogen) atoms. The van der Waals surface area contributed by atoms with Crippen LogP contribution < -0.4 is 5.32 Å². The Hall–Kier alpha value is -1.02. The molecule has 0 saturated heterocycles.